The second kappa shape index (κ2) is 7.19. The zero-order valence-corrected chi connectivity index (χ0v) is 15.6. The monoisotopic (exact) mass is 356 g/mol. The fourth-order valence-electron chi connectivity index (χ4n) is 3.06. The van der Waals surface area contributed by atoms with Crippen LogP contribution in [0.3, 0.4) is 0 Å². The van der Waals surface area contributed by atoms with Gasteiger partial charge in [-0.2, -0.15) is 0 Å². The SMILES string of the molecule is COc1cc(C(C)C)c(Oc2cnc(C)nc2N)cc1N1CCCC1=O. The summed E-state index contributed by atoms with van der Waals surface area (Å²) in [6, 6.07) is 3.77. The summed E-state index contributed by atoms with van der Waals surface area (Å²) in [6.45, 7) is 6.57. The van der Waals surface area contributed by atoms with Crippen LogP contribution < -0.4 is 20.1 Å². The number of hydrogen-bond acceptors (Lipinski definition) is 6. The van der Waals surface area contributed by atoms with Gasteiger partial charge < -0.3 is 20.1 Å². The van der Waals surface area contributed by atoms with Gasteiger partial charge in [0.1, 0.15) is 17.3 Å². The molecule has 7 heteroatoms. The molecule has 0 bridgehead atoms. The lowest BCUT2D eigenvalue weighted by molar-refractivity contribution is -0.117. The molecule has 3 rings (SSSR count). The van der Waals surface area contributed by atoms with Gasteiger partial charge in [-0.25, -0.2) is 9.97 Å². The highest BCUT2D eigenvalue weighted by atomic mass is 16.5. The van der Waals surface area contributed by atoms with Crippen LogP contribution in [0.1, 0.15) is 44.0 Å². The molecule has 0 aliphatic carbocycles. The number of aromatic nitrogens is 2. The molecule has 1 saturated heterocycles. The van der Waals surface area contributed by atoms with E-state index in [0.29, 0.717) is 41.7 Å². The van der Waals surface area contributed by atoms with Gasteiger partial charge >= 0.3 is 0 Å². The predicted octanol–water partition coefficient (Wildman–Crippen LogP) is 3.42. The lowest BCUT2D eigenvalue weighted by atomic mass is 10.0. The minimum absolute atomic E-state index is 0.0877. The lowest BCUT2D eigenvalue weighted by Crippen LogP contribution is -2.24. The molecule has 2 aromatic rings. The molecule has 0 radical (unpaired) electrons. The summed E-state index contributed by atoms with van der Waals surface area (Å²) in [4.78, 5) is 22.2. The first-order valence-corrected chi connectivity index (χ1v) is 8.70. The standard InChI is InChI=1S/C19H24N4O3/c1-11(2)13-8-16(25-4)14(23-7-5-6-18(23)24)9-15(13)26-17-10-21-12(3)22-19(17)20/h8-11H,5-7H2,1-4H3,(H2,20,21,22). The van der Waals surface area contributed by atoms with E-state index in [1.807, 2.05) is 12.1 Å². The maximum atomic E-state index is 12.2. The molecule has 0 unspecified atom stereocenters. The van der Waals surface area contributed by atoms with Crippen molar-refractivity contribution in [3.63, 3.8) is 0 Å². The number of nitrogen functional groups attached to an aromatic ring is 1. The maximum Gasteiger partial charge on any atom is 0.227 e. The Bertz CT molecular complexity index is 836. The molecule has 1 aromatic carbocycles. The third-order valence-corrected chi connectivity index (χ3v) is 4.42. The van der Waals surface area contributed by atoms with Crippen LogP contribution in [0.4, 0.5) is 11.5 Å². The second-order valence-electron chi connectivity index (χ2n) is 6.63. The van der Waals surface area contributed by atoms with E-state index < -0.39 is 0 Å². The van der Waals surface area contributed by atoms with E-state index in [2.05, 4.69) is 23.8 Å². The van der Waals surface area contributed by atoms with Crippen LogP contribution in [0, 0.1) is 6.92 Å². The number of carbonyl (C=O) groups excluding carboxylic acids is 1. The molecule has 2 N–H and O–H groups in total. The van der Waals surface area contributed by atoms with Crippen molar-refractivity contribution in [3.05, 3.63) is 29.7 Å². The highest BCUT2D eigenvalue weighted by Crippen LogP contribution is 2.42. The molecule has 1 aliphatic rings. The molecule has 26 heavy (non-hydrogen) atoms. The number of benzene rings is 1. The van der Waals surface area contributed by atoms with Crippen LogP contribution in [0.25, 0.3) is 0 Å². The Labute approximate surface area is 153 Å². The van der Waals surface area contributed by atoms with Gasteiger partial charge in [0.05, 0.1) is 19.0 Å². The number of hydrogen-bond donors (Lipinski definition) is 1. The topological polar surface area (TPSA) is 90.6 Å². The molecule has 0 saturated carbocycles. The predicted molar refractivity (Wildman–Crippen MR) is 99.9 cm³/mol. The van der Waals surface area contributed by atoms with Crippen molar-refractivity contribution in [2.45, 2.75) is 39.5 Å². The average molecular weight is 356 g/mol. The smallest absolute Gasteiger partial charge is 0.227 e. The number of anilines is 2. The van der Waals surface area contributed by atoms with Crippen molar-refractivity contribution in [2.24, 2.45) is 0 Å². The second-order valence-corrected chi connectivity index (χ2v) is 6.63. The number of rotatable bonds is 5. The number of nitrogens with two attached hydrogens (primary N) is 1. The van der Waals surface area contributed by atoms with E-state index >= 15 is 0 Å². The first kappa shape index (κ1) is 18.0. The molecule has 7 nitrogen and oxygen atoms in total. The quantitative estimate of drug-likeness (QED) is 0.883. The summed E-state index contributed by atoms with van der Waals surface area (Å²) in [5.41, 5.74) is 7.63. The van der Waals surface area contributed by atoms with Gasteiger partial charge in [-0.15, -0.1) is 0 Å². The van der Waals surface area contributed by atoms with Gasteiger partial charge in [0, 0.05) is 24.6 Å². The molecule has 0 spiro atoms. The number of ether oxygens (including phenoxy) is 2. The Kier molecular flexibility index (Phi) is 4.97. The fourth-order valence-corrected chi connectivity index (χ4v) is 3.06. The molecule has 1 aromatic heterocycles. The van der Waals surface area contributed by atoms with Crippen molar-refractivity contribution < 1.29 is 14.3 Å². The Morgan fingerprint density at radius 2 is 2.00 bits per heavy atom. The normalized spacial score (nSPS) is 14.2. The molecule has 1 amide bonds. The highest BCUT2D eigenvalue weighted by Gasteiger charge is 2.27. The zero-order valence-electron chi connectivity index (χ0n) is 15.6. The minimum atomic E-state index is 0.0877. The van der Waals surface area contributed by atoms with Crippen molar-refractivity contribution in [1.82, 2.24) is 9.97 Å². The molecular formula is C19H24N4O3. The number of amides is 1. The van der Waals surface area contributed by atoms with E-state index in [1.54, 1.807) is 25.1 Å². The summed E-state index contributed by atoms with van der Waals surface area (Å²) < 4.78 is 11.6. The number of carbonyl (C=O) groups is 1. The van der Waals surface area contributed by atoms with Gasteiger partial charge in [-0.05, 0) is 25.3 Å². The molecular weight excluding hydrogens is 332 g/mol. The lowest BCUT2D eigenvalue weighted by Gasteiger charge is -2.23. The van der Waals surface area contributed by atoms with E-state index in [9.17, 15) is 4.79 Å². The minimum Gasteiger partial charge on any atom is -0.495 e. The third kappa shape index (κ3) is 3.42. The summed E-state index contributed by atoms with van der Waals surface area (Å²) >= 11 is 0. The number of aryl methyl sites for hydroxylation is 1. The molecule has 2 heterocycles. The summed E-state index contributed by atoms with van der Waals surface area (Å²) in [7, 11) is 1.61. The van der Waals surface area contributed by atoms with Crippen LogP contribution >= 0.6 is 0 Å². The van der Waals surface area contributed by atoms with Crippen LogP contribution in [-0.4, -0.2) is 29.5 Å². The van der Waals surface area contributed by atoms with Crippen LogP contribution in [0.5, 0.6) is 17.2 Å². The Hall–Kier alpha value is -2.83. The van der Waals surface area contributed by atoms with Crippen molar-refractivity contribution in [3.8, 4) is 17.2 Å². The Morgan fingerprint density at radius 1 is 1.23 bits per heavy atom. The van der Waals surface area contributed by atoms with Gasteiger partial charge in [0.2, 0.25) is 5.91 Å². The van der Waals surface area contributed by atoms with E-state index in [0.717, 1.165) is 12.0 Å². The summed E-state index contributed by atoms with van der Waals surface area (Å²) in [5.74, 6) is 2.80. The first-order chi connectivity index (χ1) is 12.4. The Balaban J connectivity index is 2.08. The number of methoxy groups -OCH3 is 1. The van der Waals surface area contributed by atoms with Crippen molar-refractivity contribution >= 4 is 17.4 Å². The largest absolute Gasteiger partial charge is 0.495 e. The van der Waals surface area contributed by atoms with Gasteiger partial charge in [-0.3, -0.25) is 4.79 Å². The van der Waals surface area contributed by atoms with Crippen molar-refractivity contribution in [2.75, 3.05) is 24.3 Å². The van der Waals surface area contributed by atoms with E-state index in [-0.39, 0.29) is 17.6 Å². The number of nitrogens with zero attached hydrogens (tertiary/aromatic N) is 3. The molecule has 1 fully saturated rings. The Morgan fingerprint density at radius 3 is 2.58 bits per heavy atom. The van der Waals surface area contributed by atoms with Gasteiger partial charge in [-0.1, -0.05) is 13.8 Å². The van der Waals surface area contributed by atoms with Crippen molar-refractivity contribution in [1.29, 1.82) is 0 Å². The first-order valence-electron chi connectivity index (χ1n) is 8.70. The third-order valence-electron chi connectivity index (χ3n) is 4.42. The zero-order chi connectivity index (χ0) is 18.8. The average Bonchev–Trinajstić information content (AvgIpc) is 3.02. The maximum absolute atomic E-state index is 12.2. The highest BCUT2D eigenvalue weighted by molar-refractivity contribution is 5.97. The van der Waals surface area contributed by atoms with Crippen LogP contribution in [0.2, 0.25) is 0 Å². The van der Waals surface area contributed by atoms with Gasteiger partial charge in [0.15, 0.2) is 11.6 Å². The summed E-state index contributed by atoms with van der Waals surface area (Å²) in [6.07, 6.45) is 2.94. The van der Waals surface area contributed by atoms with E-state index in [1.165, 1.54) is 0 Å². The van der Waals surface area contributed by atoms with Crippen LogP contribution in [-0.2, 0) is 4.79 Å². The molecule has 1 aliphatic heterocycles. The summed E-state index contributed by atoms with van der Waals surface area (Å²) in [5, 5.41) is 0. The van der Waals surface area contributed by atoms with Gasteiger partial charge in [0.25, 0.3) is 0 Å². The van der Waals surface area contributed by atoms with Crippen LogP contribution in [0.15, 0.2) is 18.3 Å². The molecule has 138 valence electrons. The fraction of sp³-hybridized carbons (Fsp3) is 0.421. The molecule has 0 atom stereocenters. The van der Waals surface area contributed by atoms with E-state index in [4.69, 9.17) is 15.2 Å².